The maximum absolute atomic E-state index is 13.0. The molecule has 0 bridgehead atoms. The molecular formula is C11H15FN2O2. The number of benzene rings is 1. The van der Waals surface area contributed by atoms with Crippen LogP contribution in [0.25, 0.3) is 0 Å². The maximum Gasteiger partial charge on any atom is 0.238 e. The molecule has 0 aromatic heterocycles. The lowest BCUT2D eigenvalue weighted by Crippen LogP contribution is -2.22. The van der Waals surface area contributed by atoms with Crippen molar-refractivity contribution < 1.29 is 13.9 Å². The van der Waals surface area contributed by atoms with Gasteiger partial charge in [0.25, 0.3) is 0 Å². The minimum atomic E-state index is -0.406. The van der Waals surface area contributed by atoms with Crippen molar-refractivity contribution in [3.8, 4) is 5.75 Å². The summed E-state index contributed by atoms with van der Waals surface area (Å²) in [5.74, 6) is -0.423. The number of halogens is 1. The first-order chi connectivity index (χ1) is 7.67. The molecule has 0 fully saturated rings. The van der Waals surface area contributed by atoms with Crippen molar-refractivity contribution in [2.24, 2.45) is 5.73 Å². The molecule has 1 aromatic rings. The Morgan fingerprint density at radius 1 is 1.56 bits per heavy atom. The van der Waals surface area contributed by atoms with Gasteiger partial charge in [-0.1, -0.05) is 6.92 Å². The molecule has 3 N–H and O–H groups in total. The SMILES string of the molecule is CCCOc1cc(F)ccc1NC(=O)CN. The van der Waals surface area contributed by atoms with Crippen LogP contribution in [-0.4, -0.2) is 19.1 Å². The van der Waals surface area contributed by atoms with E-state index in [4.69, 9.17) is 10.5 Å². The fraction of sp³-hybridized carbons (Fsp3) is 0.364. The topological polar surface area (TPSA) is 64.3 Å². The number of rotatable bonds is 5. The third-order valence-electron chi connectivity index (χ3n) is 1.86. The molecule has 0 atom stereocenters. The second-order valence-corrected chi connectivity index (χ2v) is 3.24. The molecule has 88 valence electrons. The van der Waals surface area contributed by atoms with Gasteiger partial charge >= 0.3 is 0 Å². The van der Waals surface area contributed by atoms with Gasteiger partial charge in [-0.25, -0.2) is 4.39 Å². The van der Waals surface area contributed by atoms with E-state index >= 15 is 0 Å². The van der Waals surface area contributed by atoms with Gasteiger partial charge in [0.05, 0.1) is 18.8 Å². The molecule has 0 saturated carbocycles. The number of ether oxygens (including phenoxy) is 1. The number of hydrogen-bond acceptors (Lipinski definition) is 3. The summed E-state index contributed by atoms with van der Waals surface area (Å²) in [7, 11) is 0. The second kappa shape index (κ2) is 6.07. The van der Waals surface area contributed by atoms with E-state index in [9.17, 15) is 9.18 Å². The second-order valence-electron chi connectivity index (χ2n) is 3.24. The van der Waals surface area contributed by atoms with Gasteiger partial charge in [-0.15, -0.1) is 0 Å². The third-order valence-corrected chi connectivity index (χ3v) is 1.86. The van der Waals surface area contributed by atoms with Crippen LogP contribution in [0.2, 0.25) is 0 Å². The van der Waals surface area contributed by atoms with Crippen molar-refractivity contribution in [1.82, 2.24) is 0 Å². The van der Waals surface area contributed by atoms with E-state index in [1.807, 2.05) is 6.92 Å². The Kier molecular flexibility index (Phi) is 4.72. The largest absolute Gasteiger partial charge is 0.491 e. The number of carbonyl (C=O) groups excluding carboxylic acids is 1. The molecule has 0 spiro atoms. The summed E-state index contributed by atoms with van der Waals surface area (Å²) in [6.07, 6.45) is 0.806. The minimum Gasteiger partial charge on any atom is -0.491 e. The van der Waals surface area contributed by atoms with Crippen molar-refractivity contribution in [2.75, 3.05) is 18.5 Å². The summed E-state index contributed by atoms with van der Waals surface area (Å²) < 4.78 is 18.3. The van der Waals surface area contributed by atoms with Gasteiger partial charge in [0.15, 0.2) is 0 Å². The Morgan fingerprint density at radius 2 is 2.31 bits per heavy atom. The molecule has 0 radical (unpaired) electrons. The number of carbonyl (C=O) groups is 1. The molecule has 0 aliphatic carbocycles. The number of nitrogens with one attached hydrogen (secondary N) is 1. The van der Waals surface area contributed by atoms with Gasteiger partial charge in [0, 0.05) is 6.07 Å². The molecule has 16 heavy (non-hydrogen) atoms. The van der Waals surface area contributed by atoms with Crippen molar-refractivity contribution in [2.45, 2.75) is 13.3 Å². The molecule has 4 nitrogen and oxygen atoms in total. The van der Waals surface area contributed by atoms with E-state index in [0.717, 1.165) is 6.42 Å². The minimum absolute atomic E-state index is 0.120. The summed E-state index contributed by atoms with van der Waals surface area (Å²) in [6, 6.07) is 3.95. The van der Waals surface area contributed by atoms with Crippen LogP contribution in [0.3, 0.4) is 0 Å². The van der Waals surface area contributed by atoms with E-state index in [1.54, 1.807) is 0 Å². The number of nitrogens with two attached hydrogens (primary N) is 1. The van der Waals surface area contributed by atoms with Crippen LogP contribution in [-0.2, 0) is 4.79 Å². The molecule has 1 aromatic carbocycles. The lowest BCUT2D eigenvalue weighted by atomic mass is 10.2. The number of amides is 1. The van der Waals surface area contributed by atoms with Crippen molar-refractivity contribution in [3.63, 3.8) is 0 Å². The first-order valence-corrected chi connectivity index (χ1v) is 5.09. The van der Waals surface area contributed by atoms with Crippen LogP contribution in [0.15, 0.2) is 18.2 Å². The van der Waals surface area contributed by atoms with Gasteiger partial charge in [0.2, 0.25) is 5.91 Å². The standard InChI is InChI=1S/C11H15FN2O2/c1-2-5-16-10-6-8(12)3-4-9(10)14-11(15)7-13/h3-4,6H,2,5,7,13H2,1H3,(H,14,15). The van der Waals surface area contributed by atoms with Crippen molar-refractivity contribution in [1.29, 1.82) is 0 Å². The molecular weight excluding hydrogens is 211 g/mol. The van der Waals surface area contributed by atoms with Gasteiger partial charge in [-0.05, 0) is 18.6 Å². The quantitative estimate of drug-likeness (QED) is 0.799. The number of anilines is 1. The van der Waals surface area contributed by atoms with E-state index in [1.165, 1.54) is 18.2 Å². The Morgan fingerprint density at radius 3 is 2.94 bits per heavy atom. The zero-order valence-corrected chi connectivity index (χ0v) is 9.13. The maximum atomic E-state index is 13.0. The predicted octanol–water partition coefficient (Wildman–Crippen LogP) is 1.51. The average molecular weight is 226 g/mol. The zero-order chi connectivity index (χ0) is 12.0. The molecule has 0 unspecified atom stereocenters. The highest BCUT2D eigenvalue weighted by Crippen LogP contribution is 2.25. The first kappa shape index (κ1) is 12.4. The predicted molar refractivity (Wildman–Crippen MR) is 59.9 cm³/mol. The van der Waals surface area contributed by atoms with Gasteiger partial charge in [-0.2, -0.15) is 0 Å². The van der Waals surface area contributed by atoms with Crippen molar-refractivity contribution >= 4 is 11.6 Å². The van der Waals surface area contributed by atoms with Crippen LogP contribution >= 0.6 is 0 Å². The molecule has 0 heterocycles. The van der Waals surface area contributed by atoms with Crippen LogP contribution in [0.5, 0.6) is 5.75 Å². The highest BCUT2D eigenvalue weighted by atomic mass is 19.1. The third kappa shape index (κ3) is 3.51. The smallest absolute Gasteiger partial charge is 0.238 e. The number of hydrogen-bond donors (Lipinski definition) is 2. The molecule has 0 aliphatic rings. The fourth-order valence-corrected chi connectivity index (χ4v) is 1.13. The lowest BCUT2D eigenvalue weighted by molar-refractivity contribution is -0.114. The summed E-state index contributed by atoms with van der Waals surface area (Å²) in [4.78, 5) is 11.1. The Hall–Kier alpha value is -1.62. The van der Waals surface area contributed by atoms with Gasteiger partial charge < -0.3 is 15.8 Å². The molecule has 5 heteroatoms. The fourth-order valence-electron chi connectivity index (χ4n) is 1.13. The van der Waals surface area contributed by atoms with Crippen LogP contribution < -0.4 is 15.8 Å². The van der Waals surface area contributed by atoms with Gasteiger partial charge in [-0.3, -0.25) is 4.79 Å². The van der Waals surface area contributed by atoms with E-state index in [0.29, 0.717) is 18.0 Å². The Labute approximate surface area is 93.6 Å². The summed E-state index contributed by atoms with van der Waals surface area (Å²) in [6.45, 7) is 2.29. The first-order valence-electron chi connectivity index (χ1n) is 5.09. The average Bonchev–Trinajstić information content (AvgIpc) is 2.29. The summed E-state index contributed by atoms with van der Waals surface area (Å²) in [5, 5.41) is 2.54. The Balaban J connectivity index is 2.84. The molecule has 1 rings (SSSR count). The molecule has 1 amide bonds. The highest BCUT2D eigenvalue weighted by Gasteiger charge is 2.07. The highest BCUT2D eigenvalue weighted by molar-refractivity contribution is 5.93. The van der Waals surface area contributed by atoms with E-state index in [-0.39, 0.29) is 12.5 Å². The zero-order valence-electron chi connectivity index (χ0n) is 9.13. The normalized spacial score (nSPS) is 9.94. The van der Waals surface area contributed by atoms with Gasteiger partial charge in [0.1, 0.15) is 11.6 Å². The lowest BCUT2D eigenvalue weighted by Gasteiger charge is -2.11. The van der Waals surface area contributed by atoms with Crippen molar-refractivity contribution in [3.05, 3.63) is 24.0 Å². The Bertz CT molecular complexity index is 369. The van der Waals surface area contributed by atoms with E-state index in [2.05, 4.69) is 5.32 Å². The van der Waals surface area contributed by atoms with E-state index < -0.39 is 5.82 Å². The monoisotopic (exact) mass is 226 g/mol. The van der Waals surface area contributed by atoms with Crippen LogP contribution in [0.1, 0.15) is 13.3 Å². The molecule has 0 saturated heterocycles. The molecule has 0 aliphatic heterocycles. The van der Waals surface area contributed by atoms with Crippen LogP contribution in [0, 0.1) is 5.82 Å². The van der Waals surface area contributed by atoms with Crippen LogP contribution in [0.4, 0.5) is 10.1 Å². The summed E-state index contributed by atoms with van der Waals surface area (Å²) in [5.41, 5.74) is 5.61. The summed E-state index contributed by atoms with van der Waals surface area (Å²) >= 11 is 0.